The maximum Gasteiger partial charge on any atom is 0.343 e. The van der Waals surface area contributed by atoms with Crippen LogP contribution in [-0.4, -0.2) is 28.3 Å². The predicted molar refractivity (Wildman–Crippen MR) is 98.6 cm³/mol. The summed E-state index contributed by atoms with van der Waals surface area (Å²) in [5.41, 5.74) is 1.47. The molecule has 1 amide bonds. The van der Waals surface area contributed by atoms with Crippen molar-refractivity contribution in [3.05, 3.63) is 76.8 Å². The first-order valence-corrected chi connectivity index (χ1v) is 8.36. The number of amides is 1. The normalized spacial score (nSPS) is 10.5. The minimum atomic E-state index is -0.769. The summed E-state index contributed by atoms with van der Waals surface area (Å²) in [6, 6.07) is 14.3. The van der Waals surface area contributed by atoms with Crippen LogP contribution >= 0.6 is 11.6 Å². The van der Waals surface area contributed by atoms with Gasteiger partial charge >= 0.3 is 5.97 Å². The fraction of sp³-hybridized carbons (Fsp3) is 0.105. The van der Waals surface area contributed by atoms with Crippen LogP contribution in [0.1, 0.15) is 16.1 Å². The Morgan fingerprint density at radius 2 is 1.81 bits per heavy atom. The van der Waals surface area contributed by atoms with Crippen molar-refractivity contribution in [2.75, 3.05) is 11.9 Å². The van der Waals surface area contributed by atoms with Crippen LogP contribution < -0.4 is 5.32 Å². The zero-order chi connectivity index (χ0) is 19.4. The van der Waals surface area contributed by atoms with Crippen molar-refractivity contribution >= 4 is 29.2 Å². The molecule has 0 saturated heterocycles. The molecule has 0 spiro atoms. The molecule has 0 bridgehead atoms. The lowest BCUT2D eigenvalue weighted by Crippen LogP contribution is -2.21. The molecule has 3 aromatic rings. The average Bonchev–Trinajstić information content (AvgIpc) is 2.95. The van der Waals surface area contributed by atoms with Gasteiger partial charge in [0.1, 0.15) is 16.5 Å². The van der Waals surface area contributed by atoms with Gasteiger partial charge in [0.05, 0.1) is 11.4 Å². The third kappa shape index (κ3) is 4.32. The van der Waals surface area contributed by atoms with E-state index in [4.69, 9.17) is 16.3 Å². The van der Waals surface area contributed by atoms with Gasteiger partial charge in [-0.15, -0.1) is 0 Å². The Balaban J connectivity index is 1.70. The van der Waals surface area contributed by atoms with Crippen molar-refractivity contribution in [2.24, 2.45) is 0 Å². The molecular formula is C19H15ClFN3O3. The van der Waals surface area contributed by atoms with Crippen molar-refractivity contribution in [2.45, 2.75) is 6.92 Å². The number of hydrogen-bond donors (Lipinski definition) is 1. The number of esters is 1. The number of anilines is 1. The van der Waals surface area contributed by atoms with Crippen LogP contribution in [0.5, 0.6) is 0 Å². The summed E-state index contributed by atoms with van der Waals surface area (Å²) in [6.45, 7) is 1.12. The first-order chi connectivity index (χ1) is 13.0. The Morgan fingerprint density at radius 1 is 1.15 bits per heavy atom. The summed E-state index contributed by atoms with van der Waals surface area (Å²) < 4.78 is 19.4. The maximum atomic E-state index is 13.1. The fourth-order valence-corrected chi connectivity index (χ4v) is 2.76. The quantitative estimate of drug-likeness (QED) is 0.676. The minimum Gasteiger partial charge on any atom is -0.452 e. The smallest absolute Gasteiger partial charge is 0.343 e. The van der Waals surface area contributed by atoms with Gasteiger partial charge in [-0.2, -0.15) is 5.10 Å². The van der Waals surface area contributed by atoms with Gasteiger partial charge in [0.15, 0.2) is 6.61 Å². The number of rotatable bonds is 5. The highest BCUT2D eigenvalue weighted by atomic mass is 35.5. The number of para-hydroxylation sites is 1. The van der Waals surface area contributed by atoms with E-state index in [0.29, 0.717) is 17.1 Å². The highest BCUT2D eigenvalue weighted by Gasteiger charge is 2.23. The largest absolute Gasteiger partial charge is 0.452 e. The molecule has 0 radical (unpaired) electrons. The highest BCUT2D eigenvalue weighted by molar-refractivity contribution is 6.33. The van der Waals surface area contributed by atoms with E-state index in [2.05, 4.69) is 10.4 Å². The highest BCUT2D eigenvalue weighted by Crippen LogP contribution is 2.24. The van der Waals surface area contributed by atoms with E-state index in [1.54, 1.807) is 31.2 Å². The van der Waals surface area contributed by atoms with Crippen molar-refractivity contribution in [3.8, 4) is 5.69 Å². The lowest BCUT2D eigenvalue weighted by Gasteiger charge is -2.07. The Kier molecular flexibility index (Phi) is 5.52. The molecule has 0 unspecified atom stereocenters. The van der Waals surface area contributed by atoms with Crippen molar-refractivity contribution in [3.63, 3.8) is 0 Å². The van der Waals surface area contributed by atoms with Crippen LogP contribution in [0.25, 0.3) is 5.69 Å². The van der Waals surface area contributed by atoms with Crippen molar-refractivity contribution in [1.29, 1.82) is 0 Å². The molecule has 6 nitrogen and oxygen atoms in total. The monoisotopic (exact) mass is 387 g/mol. The second kappa shape index (κ2) is 8.01. The van der Waals surface area contributed by atoms with Gasteiger partial charge in [0, 0.05) is 5.69 Å². The van der Waals surface area contributed by atoms with E-state index in [9.17, 15) is 14.0 Å². The van der Waals surface area contributed by atoms with Gasteiger partial charge in [-0.05, 0) is 43.3 Å². The number of nitrogens with one attached hydrogen (secondary N) is 1. The number of aryl methyl sites for hydroxylation is 1. The number of benzene rings is 2. The molecule has 0 saturated carbocycles. The molecule has 1 aromatic heterocycles. The molecule has 1 N–H and O–H groups in total. The number of aromatic nitrogens is 2. The van der Waals surface area contributed by atoms with Gasteiger partial charge in [0.2, 0.25) is 0 Å². The van der Waals surface area contributed by atoms with Gasteiger partial charge in [-0.25, -0.2) is 13.9 Å². The zero-order valence-corrected chi connectivity index (χ0v) is 15.0. The molecular weight excluding hydrogens is 373 g/mol. The molecule has 0 aliphatic heterocycles. The SMILES string of the molecule is Cc1nn(-c2ccc(F)cc2)c(Cl)c1C(=O)OCC(=O)Nc1ccccc1. The van der Waals surface area contributed by atoms with E-state index < -0.39 is 24.3 Å². The Morgan fingerprint density at radius 3 is 2.48 bits per heavy atom. The molecule has 8 heteroatoms. The van der Waals surface area contributed by atoms with Crippen LogP contribution in [0.15, 0.2) is 54.6 Å². The van der Waals surface area contributed by atoms with Crippen LogP contribution in [0.3, 0.4) is 0 Å². The van der Waals surface area contributed by atoms with Crippen molar-refractivity contribution < 1.29 is 18.7 Å². The second-order valence-electron chi connectivity index (χ2n) is 5.63. The molecule has 0 aliphatic rings. The van der Waals surface area contributed by atoms with Crippen LogP contribution in [0.4, 0.5) is 10.1 Å². The molecule has 1 heterocycles. The van der Waals surface area contributed by atoms with Crippen LogP contribution in [-0.2, 0) is 9.53 Å². The first kappa shape index (κ1) is 18.6. The standard InChI is InChI=1S/C19H15ClFN3O3/c1-12-17(18(20)24(23-12)15-9-7-13(21)8-10-15)19(26)27-11-16(25)22-14-5-3-2-4-6-14/h2-10H,11H2,1H3,(H,22,25). The molecule has 138 valence electrons. The van der Waals surface area contributed by atoms with Gasteiger partial charge in [-0.1, -0.05) is 29.8 Å². The lowest BCUT2D eigenvalue weighted by atomic mass is 10.2. The summed E-state index contributed by atoms with van der Waals surface area (Å²) in [6.07, 6.45) is 0. The summed E-state index contributed by atoms with van der Waals surface area (Å²) in [5, 5.41) is 6.82. The Labute approximate surface area is 159 Å². The summed E-state index contributed by atoms with van der Waals surface area (Å²) in [7, 11) is 0. The number of nitrogens with zero attached hydrogens (tertiary/aromatic N) is 2. The number of ether oxygens (including phenoxy) is 1. The van der Waals surface area contributed by atoms with E-state index >= 15 is 0 Å². The number of hydrogen-bond acceptors (Lipinski definition) is 4. The van der Waals surface area contributed by atoms with E-state index in [0.717, 1.165) is 0 Å². The average molecular weight is 388 g/mol. The van der Waals surface area contributed by atoms with Gasteiger partial charge in [0.25, 0.3) is 5.91 Å². The summed E-state index contributed by atoms with van der Waals surface area (Å²) >= 11 is 6.25. The van der Waals surface area contributed by atoms with Crippen LogP contribution in [0, 0.1) is 12.7 Å². The van der Waals surface area contributed by atoms with Crippen LogP contribution in [0.2, 0.25) is 5.15 Å². The Bertz CT molecular complexity index is 972. The summed E-state index contributed by atoms with van der Waals surface area (Å²) in [5.74, 6) is -1.65. The first-order valence-electron chi connectivity index (χ1n) is 7.99. The molecule has 2 aromatic carbocycles. The van der Waals surface area contributed by atoms with Crippen molar-refractivity contribution in [1.82, 2.24) is 9.78 Å². The van der Waals surface area contributed by atoms with E-state index in [1.165, 1.54) is 28.9 Å². The maximum absolute atomic E-state index is 13.1. The number of carbonyl (C=O) groups excluding carboxylic acids is 2. The van der Waals surface area contributed by atoms with Gasteiger partial charge < -0.3 is 10.1 Å². The van der Waals surface area contributed by atoms with E-state index in [1.807, 2.05) is 6.07 Å². The number of halogens is 2. The molecule has 3 rings (SSSR count). The summed E-state index contributed by atoms with van der Waals surface area (Å²) in [4.78, 5) is 24.2. The lowest BCUT2D eigenvalue weighted by molar-refractivity contribution is -0.119. The third-order valence-electron chi connectivity index (χ3n) is 3.67. The predicted octanol–water partition coefficient (Wildman–Crippen LogP) is 3.77. The van der Waals surface area contributed by atoms with Gasteiger partial charge in [-0.3, -0.25) is 4.79 Å². The second-order valence-corrected chi connectivity index (χ2v) is 5.99. The zero-order valence-electron chi connectivity index (χ0n) is 14.3. The fourth-order valence-electron chi connectivity index (χ4n) is 2.41. The molecule has 0 aliphatic carbocycles. The molecule has 27 heavy (non-hydrogen) atoms. The third-order valence-corrected chi connectivity index (χ3v) is 4.02. The topological polar surface area (TPSA) is 73.2 Å². The molecule has 0 fully saturated rings. The minimum absolute atomic E-state index is 0.0209. The number of carbonyl (C=O) groups is 2. The Hall–Kier alpha value is -3.19. The molecule has 0 atom stereocenters. The van der Waals surface area contributed by atoms with E-state index in [-0.39, 0.29) is 10.7 Å².